The van der Waals surface area contributed by atoms with Gasteiger partial charge in [0.15, 0.2) is 0 Å². The topological polar surface area (TPSA) is 17.0 Å². The lowest BCUT2D eigenvalue weighted by Crippen LogP contribution is -2.10. The molecule has 0 atom stereocenters. The zero-order valence-electron chi connectivity index (χ0n) is 12.1. The maximum Gasteiger partial charge on any atom is 0.0486 e. The maximum absolute atomic E-state index is 3.49. The van der Waals surface area contributed by atoms with Crippen molar-refractivity contribution >= 4 is 26.8 Å². The van der Waals surface area contributed by atoms with Crippen molar-refractivity contribution in [2.24, 2.45) is 0 Å². The third kappa shape index (κ3) is 3.20. The first-order valence-corrected chi connectivity index (χ1v) is 8.03. The van der Waals surface area contributed by atoms with E-state index in [4.69, 9.17) is 0 Å². The van der Waals surface area contributed by atoms with Crippen LogP contribution in [-0.4, -0.2) is 18.2 Å². The summed E-state index contributed by atoms with van der Waals surface area (Å²) in [7, 11) is 2.00. The molecule has 0 aliphatic carbocycles. The molecule has 1 N–H and O–H groups in total. The molecule has 1 aromatic heterocycles. The monoisotopic (exact) mass is 342 g/mol. The zero-order chi connectivity index (χ0) is 14.7. The fourth-order valence-corrected chi connectivity index (χ4v) is 2.96. The van der Waals surface area contributed by atoms with Crippen LogP contribution in [0.5, 0.6) is 0 Å². The van der Waals surface area contributed by atoms with E-state index >= 15 is 0 Å². The Morgan fingerprint density at radius 3 is 2.57 bits per heavy atom. The first kappa shape index (κ1) is 14.4. The third-order valence-electron chi connectivity index (χ3n) is 3.78. The molecule has 1 heterocycles. The molecule has 2 aromatic carbocycles. The molecular formula is C18H19BrN2. The number of aromatic nitrogens is 1. The average molecular weight is 343 g/mol. The Kier molecular flexibility index (Phi) is 4.42. The van der Waals surface area contributed by atoms with Gasteiger partial charge in [0.1, 0.15) is 0 Å². The van der Waals surface area contributed by atoms with Crippen LogP contribution in [0.4, 0.5) is 0 Å². The quantitative estimate of drug-likeness (QED) is 0.734. The molecule has 0 saturated heterocycles. The molecule has 21 heavy (non-hydrogen) atoms. The van der Waals surface area contributed by atoms with Crippen LogP contribution < -0.4 is 5.32 Å². The largest absolute Gasteiger partial charge is 0.343 e. The van der Waals surface area contributed by atoms with Gasteiger partial charge in [0.05, 0.1) is 0 Å². The van der Waals surface area contributed by atoms with Gasteiger partial charge in [-0.1, -0.05) is 46.3 Å². The SMILES string of the molecule is CNCCc1cn(Cc2ccc(Br)cc2)c2ccccc12. The molecule has 0 aliphatic rings. The number of para-hydroxylation sites is 1. The van der Waals surface area contributed by atoms with Crippen molar-refractivity contribution in [3.63, 3.8) is 0 Å². The predicted octanol–water partition coefficient (Wildman–Crippen LogP) is 4.21. The van der Waals surface area contributed by atoms with Crippen LogP contribution in [0.2, 0.25) is 0 Å². The maximum atomic E-state index is 3.49. The van der Waals surface area contributed by atoms with Crippen molar-refractivity contribution in [1.82, 2.24) is 9.88 Å². The summed E-state index contributed by atoms with van der Waals surface area (Å²) in [6, 6.07) is 17.2. The Labute approximate surface area is 133 Å². The minimum atomic E-state index is 0.910. The summed E-state index contributed by atoms with van der Waals surface area (Å²) >= 11 is 3.49. The number of nitrogens with zero attached hydrogens (tertiary/aromatic N) is 1. The lowest BCUT2D eigenvalue weighted by molar-refractivity contribution is 0.783. The molecule has 0 fully saturated rings. The Hall–Kier alpha value is -1.58. The van der Waals surface area contributed by atoms with Crippen LogP contribution in [0.1, 0.15) is 11.1 Å². The van der Waals surface area contributed by atoms with Crippen LogP contribution in [0.3, 0.4) is 0 Å². The lowest BCUT2D eigenvalue weighted by Gasteiger charge is -2.05. The van der Waals surface area contributed by atoms with Gasteiger partial charge >= 0.3 is 0 Å². The number of likely N-dealkylation sites (N-methyl/N-ethyl adjacent to an activating group) is 1. The summed E-state index contributed by atoms with van der Waals surface area (Å²) in [6.07, 6.45) is 3.36. The molecule has 0 aliphatic heterocycles. The molecule has 3 aromatic rings. The highest BCUT2D eigenvalue weighted by atomic mass is 79.9. The van der Waals surface area contributed by atoms with Gasteiger partial charge in [-0.3, -0.25) is 0 Å². The van der Waals surface area contributed by atoms with Crippen LogP contribution >= 0.6 is 15.9 Å². The van der Waals surface area contributed by atoms with E-state index in [0.29, 0.717) is 0 Å². The Morgan fingerprint density at radius 2 is 1.81 bits per heavy atom. The van der Waals surface area contributed by atoms with Crippen molar-refractivity contribution in [3.8, 4) is 0 Å². The van der Waals surface area contributed by atoms with Gasteiger partial charge in [0.25, 0.3) is 0 Å². The molecule has 0 unspecified atom stereocenters. The second kappa shape index (κ2) is 6.46. The van der Waals surface area contributed by atoms with Gasteiger partial charge in [-0.15, -0.1) is 0 Å². The van der Waals surface area contributed by atoms with Crippen molar-refractivity contribution in [3.05, 3.63) is 70.3 Å². The van der Waals surface area contributed by atoms with Crippen LogP contribution in [0.15, 0.2) is 59.2 Å². The smallest absolute Gasteiger partial charge is 0.0486 e. The molecule has 108 valence electrons. The number of hydrogen-bond acceptors (Lipinski definition) is 1. The molecule has 0 saturated carbocycles. The molecule has 0 amide bonds. The highest BCUT2D eigenvalue weighted by Gasteiger charge is 2.08. The molecule has 0 bridgehead atoms. The van der Waals surface area contributed by atoms with Gasteiger partial charge in [0.2, 0.25) is 0 Å². The number of hydrogen-bond donors (Lipinski definition) is 1. The van der Waals surface area contributed by atoms with E-state index in [0.717, 1.165) is 24.0 Å². The number of nitrogens with one attached hydrogen (secondary N) is 1. The predicted molar refractivity (Wildman–Crippen MR) is 92.8 cm³/mol. The highest BCUT2D eigenvalue weighted by molar-refractivity contribution is 9.10. The van der Waals surface area contributed by atoms with Crippen molar-refractivity contribution in [2.75, 3.05) is 13.6 Å². The number of benzene rings is 2. The lowest BCUT2D eigenvalue weighted by atomic mass is 10.1. The highest BCUT2D eigenvalue weighted by Crippen LogP contribution is 2.23. The normalized spacial score (nSPS) is 11.1. The summed E-state index contributed by atoms with van der Waals surface area (Å²) in [4.78, 5) is 0. The van der Waals surface area contributed by atoms with Crippen molar-refractivity contribution in [2.45, 2.75) is 13.0 Å². The summed E-state index contributed by atoms with van der Waals surface area (Å²) < 4.78 is 3.47. The zero-order valence-corrected chi connectivity index (χ0v) is 13.7. The Bertz CT molecular complexity index is 729. The average Bonchev–Trinajstić information content (AvgIpc) is 2.86. The van der Waals surface area contributed by atoms with Crippen LogP contribution in [0.25, 0.3) is 10.9 Å². The van der Waals surface area contributed by atoms with E-state index in [1.165, 1.54) is 22.0 Å². The second-order valence-corrected chi connectivity index (χ2v) is 6.20. The van der Waals surface area contributed by atoms with Gasteiger partial charge in [-0.2, -0.15) is 0 Å². The Morgan fingerprint density at radius 1 is 1.05 bits per heavy atom. The van der Waals surface area contributed by atoms with Crippen molar-refractivity contribution < 1.29 is 0 Å². The molecule has 3 heteroatoms. The molecular weight excluding hydrogens is 324 g/mol. The number of rotatable bonds is 5. The fraction of sp³-hybridized carbons (Fsp3) is 0.222. The van der Waals surface area contributed by atoms with E-state index in [-0.39, 0.29) is 0 Å². The third-order valence-corrected chi connectivity index (χ3v) is 4.31. The summed E-state index contributed by atoms with van der Waals surface area (Å²) in [5, 5.41) is 4.60. The fourth-order valence-electron chi connectivity index (χ4n) is 2.70. The van der Waals surface area contributed by atoms with E-state index in [9.17, 15) is 0 Å². The summed E-state index contributed by atoms with van der Waals surface area (Å²) in [5.41, 5.74) is 4.04. The van der Waals surface area contributed by atoms with Gasteiger partial charge < -0.3 is 9.88 Å². The van der Waals surface area contributed by atoms with E-state index < -0.39 is 0 Å². The molecule has 0 spiro atoms. The summed E-state index contributed by atoms with van der Waals surface area (Å²) in [6.45, 7) is 1.92. The number of halogens is 1. The molecule has 2 nitrogen and oxygen atoms in total. The molecule has 0 radical (unpaired) electrons. The first-order chi connectivity index (χ1) is 10.3. The second-order valence-electron chi connectivity index (χ2n) is 5.28. The Balaban J connectivity index is 1.96. The van der Waals surface area contributed by atoms with Crippen molar-refractivity contribution in [1.29, 1.82) is 0 Å². The van der Waals surface area contributed by atoms with Gasteiger partial charge in [-0.05, 0) is 49.3 Å². The van der Waals surface area contributed by atoms with Gasteiger partial charge in [0, 0.05) is 28.1 Å². The minimum Gasteiger partial charge on any atom is -0.343 e. The summed E-state index contributed by atoms with van der Waals surface area (Å²) in [5.74, 6) is 0. The minimum absolute atomic E-state index is 0.910. The van der Waals surface area contributed by atoms with Crippen LogP contribution in [-0.2, 0) is 13.0 Å². The van der Waals surface area contributed by atoms with E-state index in [1.807, 2.05) is 7.05 Å². The first-order valence-electron chi connectivity index (χ1n) is 7.24. The number of fused-ring (bicyclic) bond motifs is 1. The van der Waals surface area contributed by atoms with E-state index in [2.05, 4.69) is 80.5 Å². The van der Waals surface area contributed by atoms with E-state index in [1.54, 1.807) is 0 Å². The standard InChI is InChI=1S/C18H19BrN2/c1-20-11-10-15-13-21(18-5-3-2-4-17(15)18)12-14-6-8-16(19)9-7-14/h2-9,13,20H,10-12H2,1H3. The van der Waals surface area contributed by atoms with Crippen LogP contribution in [0, 0.1) is 0 Å². The molecule has 3 rings (SSSR count). The van der Waals surface area contributed by atoms with Gasteiger partial charge in [-0.25, -0.2) is 0 Å².